The molecule has 0 spiro atoms. The zero-order chi connectivity index (χ0) is 12.2. The molecule has 0 bridgehead atoms. The molecule has 0 saturated heterocycles. The topological polar surface area (TPSA) is 0 Å². The highest BCUT2D eigenvalue weighted by atomic mass is 14.2. The number of rotatable bonds is 2. The van der Waals surface area contributed by atoms with Crippen molar-refractivity contribution >= 4 is 11.1 Å². The fourth-order valence-electron chi connectivity index (χ4n) is 2.82. The molecule has 0 aliphatic heterocycles. The van der Waals surface area contributed by atoms with Crippen LogP contribution in [0.5, 0.6) is 0 Å². The molecule has 0 amide bonds. The molecular formula is C18H18. The summed E-state index contributed by atoms with van der Waals surface area (Å²) in [4.78, 5) is 0. The molecule has 1 aliphatic rings. The van der Waals surface area contributed by atoms with Gasteiger partial charge in [-0.05, 0) is 48.0 Å². The van der Waals surface area contributed by atoms with Gasteiger partial charge in [0.2, 0.25) is 0 Å². The van der Waals surface area contributed by atoms with Crippen molar-refractivity contribution in [3.63, 3.8) is 0 Å². The van der Waals surface area contributed by atoms with Crippen LogP contribution >= 0.6 is 0 Å². The van der Waals surface area contributed by atoms with Crippen molar-refractivity contribution in [3.8, 4) is 0 Å². The Balaban J connectivity index is 2.10. The van der Waals surface area contributed by atoms with Gasteiger partial charge in [-0.1, -0.05) is 60.7 Å². The molecular weight excluding hydrogens is 216 g/mol. The van der Waals surface area contributed by atoms with Crippen LogP contribution in [-0.2, 0) is 0 Å². The summed E-state index contributed by atoms with van der Waals surface area (Å²) in [5.41, 5.74) is 5.90. The van der Waals surface area contributed by atoms with Crippen molar-refractivity contribution in [1.82, 2.24) is 0 Å². The second kappa shape index (κ2) is 5.22. The van der Waals surface area contributed by atoms with Gasteiger partial charge in [0.05, 0.1) is 0 Å². The number of allylic oxidation sites excluding steroid dienone is 2. The molecule has 0 radical (unpaired) electrons. The van der Waals surface area contributed by atoms with Crippen LogP contribution in [0, 0.1) is 0 Å². The van der Waals surface area contributed by atoms with Gasteiger partial charge in [-0.25, -0.2) is 0 Å². The number of hydrogen-bond acceptors (Lipinski definition) is 0. The Labute approximate surface area is 109 Å². The van der Waals surface area contributed by atoms with Crippen LogP contribution in [-0.4, -0.2) is 0 Å². The average molecular weight is 234 g/mol. The first-order chi connectivity index (χ1) is 8.95. The molecule has 0 N–H and O–H groups in total. The van der Waals surface area contributed by atoms with Gasteiger partial charge >= 0.3 is 0 Å². The van der Waals surface area contributed by atoms with E-state index in [0.29, 0.717) is 0 Å². The Hall–Kier alpha value is -1.82. The monoisotopic (exact) mass is 234 g/mol. The van der Waals surface area contributed by atoms with Crippen molar-refractivity contribution in [1.29, 1.82) is 0 Å². The minimum absolute atomic E-state index is 1.22. The third-order valence-electron chi connectivity index (χ3n) is 3.71. The van der Waals surface area contributed by atoms with E-state index in [1.165, 1.54) is 36.8 Å². The smallest absolute Gasteiger partial charge is 0.0222 e. The fourth-order valence-corrected chi connectivity index (χ4v) is 2.82. The molecule has 0 fully saturated rings. The van der Waals surface area contributed by atoms with Gasteiger partial charge in [0, 0.05) is 0 Å². The van der Waals surface area contributed by atoms with E-state index in [-0.39, 0.29) is 0 Å². The molecule has 1 aliphatic carbocycles. The predicted molar refractivity (Wildman–Crippen MR) is 78.2 cm³/mol. The first-order valence-electron chi connectivity index (χ1n) is 6.78. The summed E-state index contributed by atoms with van der Waals surface area (Å²) in [5, 5.41) is 0. The summed E-state index contributed by atoms with van der Waals surface area (Å²) in [6.07, 6.45) is 5.07. The van der Waals surface area contributed by atoms with Crippen LogP contribution in [0.2, 0.25) is 0 Å². The molecule has 90 valence electrons. The zero-order valence-electron chi connectivity index (χ0n) is 10.6. The van der Waals surface area contributed by atoms with Gasteiger partial charge in [0.15, 0.2) is 0 Å². The van der Waals surface area contributed by atoms with Gasteiger partial charge in [-0.2, -0.15) is 0 Å². The molecule has 0 aromatic heterocycles. The summed E-state index contributed by atoms with van der Waals surface area (Å²) in [6.45, 7) is 0. The van der Waals surface area contributed by atoms with Gasteiger partial charge in [0.25, 0.3) is 0 Å². The molecule has 18 heavy (non-hydrogen) atoms. The van der Waals surface area contributed by atoms with E-state index in [1.54, 1.807) is 11.1 Å². The first-order valence-corrected chi connectivity index (χ1v) is 6.78. The van der Waals surface area contributed by atoms with Gasteiger partial charge < -0.3 is 0 Å². The van der Waals surface area contributed by atoms with Gasteiger partial charge in [-0.15, -0.1) is 0 Å². The van der Waals surface area contributed by atoms with Crippen LogP contribution in [0.1, 0.15) is 36.8 Å². The second-order valence-electron chi connectivity index (χ2n) is 4.90. The summed E-state index contributed by atoms with van der Waals surface area (Å²) in [6, 6.07) is 21.7. The van der Waals surface area contributed by atoms with Crippen LogP contribution < -0.4 is 0 Å². The summed E-state index contributed by atoms with van der Waals surface area (Å²) in [7, 11) is 0. The Morgan fingerprint density at radius 3 is 1.28 bits per heavy atom. The minimum Gasteiger partial charge on any atom is -0.0622 e. The standard InChI is InChI=1S/C18H18/c1-3-9-15(10-4-1)17-13-7-8-14-18(17)16-11-5-2-6-12-16/h1-6,9-12H,7-8,13-14H2. The molecule has 0 heterocycles. The third kappa shape index (κ3) is 2.24. The molecule has 0 heteroatoms. The van der Waals surface area contributed by atoms with E-state index in [4.69, 9.17) is 0 Å². The SMILES string of the molecule is c1ccc(C2=C(c3ccccc3)CCCC2)cc1. The molecule has 0 unspecified atom stereocenters. The lowest BCUT2D eigenvalue weighted by Crippen LogP contribution is -1.99. The average Bonchev–Trinajstić information content (AvgIpc) is 2.49. The second-order valence-corrected chi connectivity index (χ2v) is 4.90. The normalized spacial score (nSPS) is 15.8. The lowest BCUT2D eigenvalue weighted by molar-refractivity contribution is 0.753. The largest absolute Gasteiger partial charge is 0.0622 e. The highest BCUT2D eigenvalue weighted by Gasteiger charge is 2.15. The molecule has 0 atom stereocenters. The lowest BCUT2D eigenvalue weighted by atomic mass is 9.84. The van der Waals surface area contributed by atoms with Crippen molar-refractivity contribution in [2.75, 3.05) is 0 Å². The fraction of sp³-hybridized carbons (Fsp3) is 0.222. The van der Waals surface area contributed by atoms with Crippen molar-refractivity contribution in [3.05, 3.63) is 71.8 Å². The summed E-state index contributed by atoms with van der Waals surface area (Å²) >= 11 is 0. The first kappa shape index (κ1) is 11.3. The van der Waals surface area contributed by atoms with E-state index in [2.05, 4.69) is 60.7 Å². The summed E-state index contributed by atoms with van der Waals surface area (Å²) in [5.74, 6) is 0. The van der Waals surface area contributed by atoms with Gasteiger partial charge in [0.1, 0.15) is 0 Å². The highest BCUT2D eigenvalue weighted by molar-refractivity contribution is 5.91. The van der Waals surface area contributed by atoms with E-state index >= 15 is 0 Å². The number of benzene rings is 2. The van der Waals surface area contributed by atoms with Crippen molar-refractivity contribution in [2.45, 2.75) is 25.7 Å². The van der Waals surface area contributed by atoms with E-state index in [1.807, 2.05) is 0 Å². The molecule has 2 aromatic rings. The highest BCUT2D eigenvalue weighted by Crippen LogP contribution is 2.37. The molecule has 0 saturated carbocycles. The van der Waals surface area contributed by atoms with Crippen LogP contribution in [0.15, 0.2) is 60.7 Å². The Morgan fingerprint density at radius 2 is 0.889 bits per heavy atom. The van der Waals surface area contributed by atoms with E-state index in [9.17, 15) is 0 Å². The maximum atomic E-state index is 2.24. The molecule has 3 rings (SSSR count). The third-order valence-corrected chi connectivity index (χ3v) is 3.71. The number of hydrogen-bond donors (Lipinski definition) is 0. The van der Waals surface area contributed by atoms with Crippen LogP contribution in [0.3, 0.4) is 0 Å². The predicted octanol–water partition coefficient (Wildman–Crippen LogP) is 5.17. The molecule has 0 nitrogen and oxygen atoms in total. The van der Waals surface area contributed by atoms with Crippen molar-refractivity contribution < 1.29 is 0 Å². The lowest BCUT2D eigenvalue weighted by Gasteiger charge is -2.21. The Bertz CT molecular complexity index is 483. The Kier molecular flexibility index (Phi) is 3.27. The van der Waals surface area contributed by atoms with E-state index < -0.39 is 0 Å². The Morgan fingerprint density at radius 1 is 0.500 bits per heavy atom. The van der Waals surface area contributed by atoms with Crippen LogP contribution in [0.4, 0.5) is 0 Å². The maximum Gasteiger partial charge on any atom is -0.0222 e. The van der Waals surface area contributed by atoms with Crippen LogP contribution in [0.25, 0.3) is 11.1 Å². The molecule has 2 aromatic carbocycles. The zero-order valence-corrected chi connectivity index (χ0v) is 10.6. The van der Waals surface area contributed by atoms with Gasteiger partial charge in [-0.3, -0.25) is 0 Å². The quantitative estimate of drug-likeness (QED) is 0.672. The maximum absolute atomic E-state index is 2.24. The minimum atomic E-state index is 1.22. The summed E-state index contributed by atoms with van der Waals surface area (Å²) < 4.78 is 0. The van der Waals surface area contributed by atoms with E-state index in [0.717, 1.165) is 0 Å². The van der Waals surface area contributed by atoms with Crippen molar-refractivity contribution in [2.24, 2.45) is 0 Å².